The maximum absolute atomic E-state index is 10.9. The first-order valence-corrected chi connectivity index (χ1v) is 12.0. The number of rotatable bonds is 12. The molecule has 0 amide bonds. The van der Waals surface area contributed by atoms with Crippen molar-refractivity contribution in [3.05, 3.63) is 22.3 Å². The summed E-state index contributed by atoms with van der Waals surface area (Å²) in [5.74, 6) is 0.0280. The molecule has 2 rings (SSSR count). The third-order valence-electron chi connectivity index (χ3n) is 6.69. The molecule has 3 atom stereocenters. The van der Waals surface area contributed by atoms with Crippen molar-refractivity contribution in [2.45, 2.75) is 131 Å². The van der Waals surface area contributed by atoms with Gasteiger partial charge in [0.1, 0.15) is 17.1 Å². The van der Waals surface area contributed by atoms with Crippen molar-refractivity contribution in [2.24, 2.45) is 17.8 Å². The number of phenolic OH excluding ortho intramolecular Hbond substituents is 1. The lowest BCUT2D eigenvalue weighted by atomic mass is 9.84. The zero-order chi connectivity index (χ0) is 32.5. The van der Waals surface area contributed by atoms with Crippen LogP contribution < -0.4 is 4.74 Å². The van der Waals surface area contributed by atoms with Crippen LogP contribution in [0.2, 0.25) is 0 Å². The zero-order valence-electron chi connectivity index (χ0n) is 31.2. The van der Waals surface area contributed by atoms with E-state index in [1.54, 1.807) is 6.92 Å². The fourth-order valence-corrected chi connectivity index (χ4v) is 4.48. The largest absolute Gasteiger partial charge is 0.507 e. The molecular formula is C29H50O2. The molecule has 0 aliphatic carbocycles. The summed E-state index contributed by atoms with van der Waals surface area (Å²) in [5.41, 5.74) is -4.60. The molecule has 0 saturated heterocycles. The summed E-state index contributed by atoms with van der Waals surface area (Å²) in [6.45, 7) is 1.21. The van der Waals surface area contributed by atoms with Crippen molar-refractivity contribution in [3.8, 4) is 11.5 Å². The molecule has 0 bridgehead atoms. The van der Waals surface area contributed by atoms with Gasteiger partial charge in [-0.05, 0) is 87.6 Å². The SMILES string of the molecule is [2H]C([2H])([2H])c1c(O)c(C([2H])([2H])[2H])c2c(c1C([2H])([2H])[2H])O[C@](C)(CCC[C@H](C)CCC[C@H](C)CCCC(C)C)CC2([2H])[2H]. The second kappa shape index (κ2) is 11.6. The minimum Gasteiger partial charge on any atom is -0.507 e. The lowest BCUT2D eigenvalue weighted by molar-refractivity contribution is 0.0512. The normalized spacial score (nSPS) is 28.5. The maximum atomic E-state index is 10.9. The second-order valence-corrected chi connectivity index (χ2v) is 10.4. The fraction of sp³-hybridized carbons (Fsp3) is 0.793. The van der Waals surface area contributed by atoms with Crippen LogP contribution in [0, 0.1) is 38.3 Å². The third kappa shape index (κ3) is 7.43. The van der Waals surface area contributed by atoms with Gasteiger partial charge >= 0.3 is 0 Å². The van der Waals surface area contributed by atoms with E-state index in [1.807, 2.05) is 0 Å². The molecule has 0 fully saturated rings. The Balaban J connectivity index is 2.30. The number of hydrogen-bond acceptors (Lipinski definition) is 2. The van der Waals surface area contributed by atoms with Crippen LogP contribution >= 0.6 is 0 Å². The molecule has 0 saturated carbocycles. The average molecular weight is 442 g/mol. The van der Waals surface area contributed by atoms with E-state index in [0.29, 0.717) is 24.7 Å². The van der Waals surface area contributed by atoms with E-state index < -0.39 is 66.3 Å². The van der Waals surface area contributed by atoms with Gasteiger partial charge in [-0.1, -0.05) is 72.6 Å². The molecule has 1 aliphatic rings. The van der Waals surface area contributed by atoms with Crippen LogP contribution in [-0.4, -0.2) is 10.7 Å². The Hall–Kier alpha value is -1.18. The van der Waals surface area contributed by atoms with Gasteiger partial charge in [0.2, 0.25) is 0 Å². The molecular weight excluding hydrogens is 380 g/mol. The molecule has 1 aromatic carbocycles. The van der Waals surface area contributed by atoms with E-state index in [9.17, 15) is 5.11 Å². The van der Waals surface area contributed by atoms with Gasteiger partial charge < -0.3 is 9.84 Å². The average Bonchev–Trinajstić information content (AvgIpc) is 2.75. The number of aromatic hydroxyl groups is 1. The van der Waals surface area contributed by atoms with Gasteiger partial charge in [0.05, 0.1) is 0 Å². The molecule has 2 nitrogen and oxygen atoms in total. The van der Waals surface area contributed by atoms with E-state index in [-0.39, 0.29) is 6.42 Å². The first-order chi connectivity index (χ1) is 18.9. The van der Waals surface area contributed by atoms with Crippen LogP contribution in [0.15, 0.2) is 0 Å². The van der Waals surface area contributed by atoms with E-state index in [1.165, 1.54) is 25.7 Å². The van der Waals surface area contributed by atoms with E-state index in [2.05, 4.69) is 27.7 Å². The molecule has 1 aliphatic heterocycles. The van der Waals surface area contributed by atoms with Crippen molar-refractivity contribution in [1.29, 1.82) is 0 Å². The second-order valence-electron chi connectivity index (χ2n) is 10.4. The predicted octanol–water partition coefficient (Wildman–Crippen LogP) is 8.84. The Bertz CT molecular complexity index is 1020. The van der Waals surface area contributed by atoms with Gasteiger partial charge in [-0.3, -0.25) is 0 Å². The third-order valence-corrected chi connectivity index (χ3v) is 6.69. The summed E-state index contributed by atoms with van der Waals surface area (Å²) in [6, 6.07) is 0. The number of fused-ring (bicyclic) bond motifs is 1. The van der Waals surface area contributed by atoms with Crippen LogP contribution in [0.4, 0.5) is 0 Å². The van der Waals surface area contributed by atoms with Crippen molar-refractivity contribution in [3.63, 3.8) is 0 Å². The first kappa shape index (κ1) is 14.2. The van der Waals surface area contributed by atoms with Gasteiger partial charge in [0.15, 0.2) is 0 Å². The predicted molar refractivity (Wildman–Crippen MR) is 134 cm³/mol. The molecule has 178 valence electrons. The standard InChI is InChI=1S/C29H50O2/c1-20(2)12-9-13-21(3)14-10-15-22(4)16-11-18-29(8)19-17-26-25(7)27(30)23(5)24(6)28(26)31-29/h20-22,30H,9-19H2,1-8H3/t21-,22-,29-/m1/s1/i5D3,6D3,7D3,17D2. The van der Waals surface area contributed by atoms with Crippen molar-refractivity contribution >= 4 is 0 Å². The molecule has 0 unspecified atom stereocenters. The van der Waals surface area contributed by atoms with E-state index >= 15 is 0 Å². The molecule has 31 heavy (non-hydrogen) atoms. The fourth-order valence-electron chi connectivity index (χ4n) is 4.48. The van der Waals surface area contributed by atoms with Gasteiger partial charge in [0.25, 0.3) is 0 Å². The molecule has 0 radical (unpaired) electrons. The van der Waals surface area contributed by atoms with Gasteiger partial charge in [0, 0.05) is 20.6 Å². The molecule has 2 heteroatoms. The van der Waals surface area contributed by atoms with E-state index in [0.717, 1.165) is 25.2 Å². The van der Waals surface area contributed by atoms with Crippen LogP contribution in [0.1, 0.15) is 136 Å². The van der Waals surface area contributed by atoms with Crippen LogP contribution in [0.25, 0.3) is 0 Å². The summed E-state index contributed by atoms with van der Waals surface area (Å²) in [6.07, 6.45) is 6.39. The molecule has 0 spiro atoms. The van der Waals surface area contributed by atoms with Gasteiger partial charge in [-0.2, -0.15) is 0 Å². The summed E-state index contributed by atoms with van der Waals surface area (Å²) in [5, 5.41) is 10.9. The van der Waals surface area contributed by atoms with Crippen LogP contribution in [-0.2, 0) is 6.37 Å². The maximum Gasteiger partial charge on any atom is 0.127 e. The summed E-state index contributed by atoms with van der Waals surface area (Å²) >= 11 is 0. The minimum absolute atomic E-state index is 0.272. The molecule has 1 heterocycles. The van der Waals surface area contributed by atoms with Crippen molar-refractivity contribution < 1.29 is 24.9 Å². The topological polar surface area (TPSA) is 29.5 Å². The monoisotopic (exact) mass is 441 g/mol. The quantitative estimate of drug-likeness (QED) is 0.351. The van der Waals surface area contributed by atoms with Crippen molar-refractivity contribution in [1.82, 2.24) is 0 Å². The number of hydrogen-bond donors (Lipinski definition) is 1. The number of benzene rings is 1. The lowest BCUT2D eigenvalue weighted by Gasteiger charge is -2.38. The highest BCUT2D eigenvalue weighted by Gasteiger charge is 2.34. The van der Waals surface area contributed by atoms with Crippen molar-refractivity contribution in [2.75, 3.05) is 0 Å². The number of ether oxygens (including phenoxy) is 1. The molecule has 0 aromatic heterocycles. The highest BCUT2D eigenvalue weighted by Crippen LogP contribution is 2.44. The Morgan fingerprint density at radius 3 is 2.06 bits per heavy atom. The highest BCUT2D eigenvalue weighted by atomic mass is 16.5. The molecule has 1 N–H and O–H groups in total. The smallest absolute Gasteiger partial charge is 0.127 e. The Morgan fingerprint density at radius 2 is 1.48 bits per heavy atom. The van der Waals surface area contributed by atoms with Crippen LogP contribution in [0.5, 0.6) is 11.5 Å². The molecule has 1 aromatic rings. The number of phenols is 1. The van der Waals surface area contributed by atoms with Crippen LogP contribution in [0.3, 0.4) is 0 Å². The Kier molecular flexibility index (Phi) is 5.31. The summed E-state index contributed by atoms with van der Waals surface area (Å²) < 4.78 is 95.8. The Labute approximate surface area is 208 Å². The lowest BCUT2D eigenvalue weighted by Crippen LogP contribution is -2.37. The first-order valence-electron chi connectivity index (χ1n) is 17.5. The Morgan fingerprint density at radius 1 is 0.903 bits per heavy atom. The minimum atomic E-state index is -3.19. The van der Waals surface area contributed by atoms with Gasteiger partial charge in [-0.15, -0.1) is 0 Å². The highest BCUT2D eigenvalue weighted by molar-refractivity contribution is 5.58. The van der Waals surface area contributed by atoms with Gasteiger partial charge in [-0.25, -0.2) is 0 Å². The summed E-state index contributed by atoms with van der Waals surface area (Å²) in [7, 11) is 0. The van der Waals surface area contributed by atoms with E-state index in [4.69, 9.17) is 19.8 Å². The summed E-state index contributed by atoms with van der Waals surface area (Å²) in [4.78, 5) is 0. The zero-order valence-corrected chi connectivity index (χ0v) is 20.2.